The number of benzene rings is 3. The van der Waals surface area contributed by atoms with Gasteiger partial charge in [0.15, 0.2) is 0 Å². The fourth-order valence-electron chi connectivity index (χ4n) is 5.85. The summed E-state index contributed by atoms with van der Waals surface area (Å²) in [5, 5.41) is 4.91. The highest BCUT2D eigenvalue weighted by molar-refractivity contribution is 7.81. The molecule has 2 unspecified atom stereocenters. The number of carbonyl (C=O) groups is 5. The van der Waals surface area contributed by atoms with Gasteiger partial charge in [0.1, 0.15) is 12.1 Å². The molecule has 0 radical (unpaired) electrons. The van der Waals surface area contributed by atoms with Gasteiger partial charge in [-0.1, -0.05) is 73.2 Å². The van der Waals surface area contributed by atoms with Crippen LogP contribution in [0.3, 0.4) is 0 Å². The van der Waals surface area contributed by atoms with Crippen LogP contribution >= 0.6 is 12.6 Å². The van der Waals surface area contributed by atoms with Crippen molar-refractivity contribution in [3.63, 3.8) is 0 Å². The number of hydrogen-bond donors (Lipinski definition) is 3. The van der Waals surface area contributed by atoms with Crippen LogP contribution in [-0.2, 0) is 33.8 Å². The first kappa shape index (κ1) is 31.0. The summed E-state index contributed by atoms with van der Waals surface area (Å²) in [6.07, 6.45) is 2.10. The molecule has 0 spiro atoms. The molecule has 2 heterocycles. The van der Waals surface area contributed by atoms with Gasteiger partial charge >= 0.3 is 0 Å². The number of carbonyl (C=O) groups excluding carboxylic acids is 5. The number of amides is 5. The van der Waals surface area contributed by atoms with Gasteiger partial charge in [0.05, 0.1) is 16.4 Å². The number of imide groups is 1. The number of unbranched alkanes of at least 4 members (excludes halogenated alkanes) is 1. The smallest absolute Gasteiger partial charge is 0.261 e. The second-order valence-electron chi connectivity index (χ2n) is 11.1. The first-order chi connectivity index (χ1) is 21.3. The zero-order valence-corrected chi connectivity index (χ0v) is 25.5. The Labute approximate surface area is 262 Å². The lowest BCUT2D eigenvalue weighted by Gasteiger charge is -2.32. The summed E-state index contributed by atoms with van der Waals surface area (Å²) in [5.74, 6) is -1.59. The molecule has 0 saturated heterocycles. The predicted molar refractivity (Wildman–Crippen MR) is 169 cm³/mol. The Morgan fingerprint density at radius 2 is 1.45 bits per heavy atom. The Bertz CT molecular complexity index is 1530. The van der Waals surface area contributed by atoms with E-state index in [9.17, 15) is 24.0 Å². The van der Waals surface area contributed by atoms with E-state index in [-0.39, 0.29) is 42.6 Å². The largest absolute Gasteiger partial charge is 0.357 e. The highest BCUT2D eigenvalue weighted by Crippen LogP contribution is 2.25. The molecule has 0 fully saturated rings. The number of thiol groups is 1. The molecule has 9 nitrogen and oxygen atoms in total. The van der Waals surface area contributed by atoms with Gasteiger partial charge in [0.25, 0.3) is 11.8 Å². The average Bonchev–Trinajstić information content (AvgIpc) is 3.19. The van der Waals surface area contributed by atoms with Crippen LogP contribution in [0.15, 0.2) is 78.9 Å². The maximum atomic E-state index is 14.0. The first-order valence-electron chi connectivity index (χ1n) is 14.8. The lowest BCUT2D eigenvalue weighted by Crippen LogP contribution is -2.56. The van der Waals surface area contributed by atoms with E-state index in [4.69, 9.17) is 0 Å². The lowest BCUT2D eigenvalue weighted by molar-refractivity contribution is -0.143. The van der Waals surface area contributed by atoms with Crippen LogP contribution in [0.5, 0.6) is 0 Å². The van der Waals surface area contributed by atoms with Crippen LogP contribution in [0, 0.1) is 0 Å². The van der Waals surface area contributed by atoms with Crippen LogP contribution in [0.2, 0.25) is 0 Å². The Balaban J connectivity index is 1.23. The molecule has 0 bridgehead atoms. The Kier molecular flexibility index (Phi) is 9.79. The third kappa shape index (κ3) is 6.70. The van der Waals surface area contributed by atoms with Crippen LogP contribution in [0.1, 0.15) is 56.7 Å². The normalized spacial score (nSPS) is 17.4. The van der Waals surface area contributed by atoms with E-state index < -0.39 is 17.3 Å². The average molecular weight is 613 g/mol. The van der Waals surface area contributed by atoms with E-state index in [0.29, 0.717) is 43.2 Å². The highest BCUT2D eigenvalue weighted by Gasteiger charge is 2.38. The fourth-order valence-corrected chi connectivity index (χ4v) is 6.11. The number of nitrogens with one attached hydrogen (secondary N) is 2. The number of likely N-dealkylation sites (N-methyl/N-ethyl adjacent to an activating group) is 1. The van der Waals surface area contributed by atoms with Gasteiger partial charge in [0, 0.05) is 33.0 Å². The van der Waals surface area contributed by atoms with E-state index in [1.807, 2.05) is 54.6 Å². The van der Waals surface area contributed by atoms with E-state index in [1.54, 1.807) is 36.2 Å². The summed E-state index contributed by atoms with van der Waals surface area (Å²) in [5.41, 5.74) is 3.60. The minimum Gasteiger partial charge on any atom is -0.357 e. The Morgan fingerprint density at radius 1 is 0.841 bits per heavy atom. The zero-order chi connectivity index (χ0) is 31.2. The van der Waals surface area contributed by atoms with E-state index in [1.165, 1.54) is 4.90 Å². The fraction of sp³-hybridized carbons (Fsp3) is 0.324. The van der Waals surface area contributed by atoms with Gasteiger partial charge in [-0.25, -0.2) is 0 Å². The number of rotatable bonds is 11. The second-order valence-corrected chi connectivity index (χ2v) is 11.8. The van der Waals surface area contributed by atoms with Crippen LogP contribution in [-0.4, -0.2) is 70.3 Å². The maximum Gasteiger partial charge on any atom is 0.261 e. The molecule has 44 heavy (non-hydrogen) atoms. The summed E-state index contributed by atoms with van der Waals surface area (Å²) in [6, 6.07) is 22.3. The summed E-state index contributed by atoms with van der Waals surface area (Å²) in [4.78, 5) is 68.5. The van der Waals surface area contributed by atoms with Crippen molar-refractivity contribution in [1.82, 2.24) is 20.4 Å². The van der Waals surface area contributed by atoms with Crippen LogP contribution in [0.25, 0.3) is 0 Å². The molecule has 2 N–H and O–H groups in total. The van der Waals surface area contributed by atoms with Gasteiger partial charge in [0.2, 0.25) is 17.7 Å². The summed E-state index contributed by atoms with van der Waals surface area (Å²) in [7, 11) is 1.55. The summed E-state index contributed by atoms with van der Waals surface area (Å²) < 4.78 is 0. The minimum atomic E-state index is -0.873. The number of nitrogens with zero attached hydrogens (tertiary/aromatic N) is 2. The molecule has 0 aliphatic carbocycles. The molecule has 2 aliphatic heterocycles. The van der Waals surface area contributed by atoms with Gasteiger partial charge in [-0.05, 0) is 41.7 Å². The molecule has 0 aromatic heterocycles. The zero-order valence-electron chi connectivity index (χ0n) is 24.6. The SMILES string of the molecule is CNC(=O)[C@H](Cc1ccccc1)N1Cc2ccccc2CC(NC(=O)C(S)CCCCN2C(=O)c3ccccc3C2=O)C1=O. The van der Waals surface area contributed by atoms with Gasteiger partial charge in [-0.3, -0.25) is 28.9 Å². The molecule has 0 saturated carbocycles. The van der Waals surface area contributed by atoms with E-state index in [0.717, 1.165) is 16.7 Å². The topological polar surface area (TPSA) is 116 Å². The van der Waals surface area contributed by atoms with E-state index in [2.05, 4.69) is 23.3 Å². The summed E-state index contributed by atoms with van der Waals surface area (Å²) >= 11 is 4.52. The van der Waals surface area contributed by atoms with Gasteiger partial charge in [-0.15, -0.1) is 0 Å². The summed E-state index contributed by atoms with van der Waals surface area (Å²) in [6.45, 7) is 0.498. The quantitative estimate of drug-likeness (QED) is 0.175. The number of hydrogen-bond acceptors (Lipinski definition) is 6. The van der Waals surface area contributed by atoms with Crippen molar-refractivity contribution in [2.45, 2.75) is 56.0 Å². The highest BCUT2D eigenvalue weighted by atomic mass is 32.1. The van der Waals surface area contributed by atoms with Crippen molar-refractivity contribution in [2.75, 3.05) is 13.6 Å². The van der Waals surface area contributed by atoms with E-state index >= 15 is 0 Å². The minimum absolute atomic E-state index is 0.244. The molecule has 5 rings (SSSR count). The number of fused-ring (bicyclic) bond motifs is 2. The van der Waals surface area contributed by atoms with Gasteiger partial charge in [-0.2, -0.15) is 12.6 Å². The predicted octanol–water partition coefficient (Wildman–Crippen LogP) is 3.18. The van der Waals surface area contributed by atoms with Crippen molar-refractivity contribution >= 4 is 42.2 Å². The van der Waals surface area contributed by atoms with Crippen molar-refractivity contribution in [3.05, 3.63) is 107 Å². The maximum absolute atomic E-state index is 14.0. The second kappa shape index (κ2) is 13.9. The third-order valence-electron chi connectivity index (χ3n) is 8.27. The molecule has 2 aliphatic rings. The van der Waals surface area contributed by atoms with Crippen LogP contribution < -0.4 is 10.6 Å². The lowest BCUT2D eigenvalue weighted by atomic mass is 10.0. The van der Waals surface area contributed by atoms with Gasteiger partial charge < -0.3 is 15.5 Å². The van der Waals surface area contributed by atoms with Crippen molar-refractivity contribution in [2.24, 2.45) is 0 Å². The standard InChI is InChI=1S/C34H36N4O5S/c1-35-30(39)28(19-22-11-3-2-4-12-22)38-21-24-14-6-5-13-23(24)20-27(34(38)43)36-31(40)29(44)17-9-10-18-37-32(41)25-15-7-8-16-26(25)33(37)42/h2-8,11-16,27-29,44H,9-10,17-21H2,1H3,(H,35,39)(H,36,40)/t27?,28-,29?/m0/s1. The Hall–Kier alpha value is -4.44. The first-order valence-corrected chi connectivity index (χ1v) is 15.4. The molecular formula is C34H36N4O5S. The molecule has 3 atom stereocenters. The molecule has 228 valence electrons. The Morgan fingerprint density at radius 3 is 2.11 bits per heavy atom. The molecule has 5 amide bonds. The van der Waals surface area contributed by atoms with Crippen molar-refractivity contribution < 1.29 is 24.0 Å². The molecule has 3 aromatic carbocycles. The molecular weight excluding hydrogens is 576 g/mol. The molecule has 3 aromatic rings. The monoisotopic (exact) mass is 612 g/mol. The third-order valence-corrected chi connectivity index (χ3v) is 8.76. The molecule has 10 heteroatoms. The van der Waals surface area contributed by atoms with Crippen molar-refractivity contribution in [3.8, 4) is 0 Å². The van der Waals surface area contributed by atoms with Crippen molar-refractivity contribution in [1.29, 1.82) is 0 Å². The van der Waals surface area contributed by atoms with Crippen LogP contribution in [0.4, 0.5) is 0 Å².